The van der Waals surface area contributed by atoms with Gasteiger partial charge in [0.25, 0.3) is 0 Å². The van der Waals surface area contributed by atoms with Crippen molar-refractivity contribution in [3.8, 4) is 0 Å². The lowest BCUT2D eigenvalue weighted by molar-refractivity contribution is -0.116. The second kappa shape index (κ2) is 6.15. The van der Waals surface area contributed by atoms with Crippen LogP contribution < -0.4 is 4.90 Å². The molecule has 0 radical (unpaired) electrons. The Bertz CT molecular complexity index is 652. The largest absolute Gasteiger partial charge is 0.284 e. The Morgan fingerprint density at radius 3 is 2.81 bits per heavy atom. The highest BCUT2D eigenvalue weighted by atomic mass is 32.2. The van der Waals surface area contributed by atoms with Crippen molar-refractivity contribution < 1.29 is 4.79 Å². The molecule has 1 aliphatic rings. The smallest absolute Gasteiger partial charge is 0.225 e. The van der Waals surface area contributed by atoms with E-state index in [2.05, 4.69) is 35.3 Å². The number of aryl methyl sites for hydroxylation is 1. The first-order valence-corrected chi connectivity index (χ1v) is 8.76. The van der Waals surface area contributed by atoms with Crippen LogP contribution in [0.1, 0.15) is 30.9 Å². The van der Waals surface area contributed by atoms with Crippen LogP contribution in [0.15, 0.2) is 28.6 Å². The number of rotatable bonds is 5. The molecule has 0 atom stereocenters. The van der Waals surface area contributed by atoms with Crippen molar-refractivity contribution >= 4 is 34.1 Å². The third-order valence-corrected chi connectivity index (χ3v) is 5.57. The molecule has 1 amide bonds. The van der Waals surface area contributed by atoms with Crippen molar-refractivity contribution in [3.63, 3.8) is 0 Å². The fourth-order valence-corrected chi connectivity index (χ4v) is 4.18. The first-order valence-electron chi connectivity index (χ1n) is 6.96. The summed E-state index contributed by atoms with van der Waals surface area (Å²) in [7, 11) is 0. The number of carbonyl (C=O) groups is 1. The van der Waals surface area contributed by atoms with Crippen LogP contribution >= 0.6 is 23.1 Å². The molecule has 1 heterocycles. The summed E-state index contributed by atoms with van der Waals surface area (Å²) in [6.07, 6.45) is 2.15. The molecule has 0 saturated heterocycles. The minimum Gasteiger partial charge on any atom is -0.284 e. The van der Waals surface area contributed by atoms with Crippen LogP contribution in [0.3, 0.4) is 0 Å². The first kappa shape index (κ1) is 14.5. The Balaban J connectivity index is 1.68. The maximum Gasteiger partial charge on any atom is 0.225 e. The van der Waals surface area contributed by atoms with E-state index in [-0.39, 0.29) is 5.91 Å². The third-order valence-electron chi connectivity index (χ3n) is 3.47. The fourth-order valence-electron chi connectivity index (χ4n) is 2.15. The molecule has 0 aliphatic heterocycles. The van der Waals surface area contributed by atoms with Crippen LogP contribution in [0, 0.1) is 6.92 Å². The van der Waals surface area contributed by atoms with Crippen molar-refractivity contribution in [2.45, 2.75) is 42.8 Å². The average molecular weight is 319 g/mol. The highest BCUT2D eigenvalue weighted by Crippen LogP contribution is 2.36. The summed E-state index contributed by atoms with van der Waals surface area (Å²) in [6.45, 7) is 3.71. The van der Waals surface area contributed by atoms with Gasteiger partial charge in [0.1, 0.15) is 0 Å². The summed E-state index contributed by atoms with van der Waals surface area (Å²) in [4.78, 5) is 13.5. The maximum absolute atomic E-state index is 11.7. The van der Waals surface area contributed by atoms with Crippen LogP contribution in [0.25, 0.3) is 0 Å². The van der Waals surface area contributed by atoms with Crippen molar-refractivity contribution in [1.29, 1.82) is 0 Å². The topological polar surface area (TPSA) is 46.1 Å². The molecule has 110 valence electrons. The highest BCUT2D eigenvalue weighted by molar-refractivity contribution is 8.00. The second-order valence-electron chi connectivity index (χ2n) is 5.19. The molecule has 3 rings (SSSR count). The molecule has 2 aromatic rings. The highest BCUT2D eigenvalue weighted by Gasteiger charge is 2.34. The second-order valence-corrected chi connectivity index (χ2v) is 7.36. The van der Waals surface area contributed by atoms with Gasteiger partial charge in [-0.2, -0.15) is 0 Å². The van der Waals surface area contributed by atoms with Gasteiger partial charge in [-0.15, -0.1) is 10.2 Å². The van der Waals surface area contributed by atoms with Gasteiger partial charge in [0.15, 0.2) is 4.34 Å². The van der Waals surface area contributed by atoms with Crippen LogP contribution in [0.5, 0.6) is 0 Å². The van der Waals surface area contributed by atoms with Gasteiger partial charge in [0.2, 0.25) is 11.0 Å². The van der Waals surface area contributed by atoms with Crippen LogP contribution in [0.4, 0.5) is 5.13 Å². The summed E-state index contributed by atoms with van der Waals surface area (Å²) in [6, 6.07) is 8.69. The van der Waals surface area contributed by atoms with E-state index in [0.717, 1.165) is 28.1 Å². The van der Waals surface area contributed by atoms with Crippen molar-refractivity contribution in [2.75, 3.05) is 4.90 Å². The van der Waals surface area contributed by atoms with Crippen molar-refractivity contribution in [2.24, 2.45) is 0 Å². The number of benzene rings is 1. The lowest BCUT2D eigenvalue weighted by Crippen LogP contribution is -2.30. The molecule has 0 N–H and O–H groups in total. The summed E-state index contributed by atoms with van der Waals surface area (Å²) in [5.41, 5.74) is 2.60. The van der Waals surface area contributed by atoms with Crippen LogP contribution in [-0.2, 0) is 10.5 Å². The Morgan fingerprint density at radius 2 is 2.14 bits per heavy atom. The van der Waals surface area contributed by atoms with E-state index in [1.807, 2.05) is 6.07 Å². The number of hydrogen-bond acceptors (Lipinski definition) is 5. The van der Waals surface area contributed by atoms with E-state index < -0.39 is 0 Å². The van der Waals surface area contributed by atoms with Gasteiger partial charge in [-0.3, -0.25) is 9.69 Å². The van der Waals surface area contributed by atoms with Gasteiger partial charge in [-0.25, -0.2) is 0 Å². The zero-order chi connectivity index (χ0) is 14.8. The van der Waals surface area contributed by atoms with E-state index in [1.165, 1.54) is 22.5 Å². The van der Waals surface area contributed by atoms with E-state index in [1.54, 1.807) is 23.6 Å². The minimum absolute atomic E-state index is 0.0594. The molecule has 6 heteroatoms. The molecule has 1 fully saturated rings. The van der Waals surface area contributed by atoms with Crippen molar-refractivity contribution in [1.82, 2.24) is 10.2 Å². The van der Waals surface area contributed by atoms with E-state index >= 15 is 0 Å². The maximum atomic E-state index is 11.7. The zero-order valence-corrected chi connectivity index (χ0v) is 13.7. The summed E-state index contributed by atoms with van der Waals surface area (Å²) in [5.74, 6) is 0.939. The monoisotopic (exact) mass is 319 g/mol. The van der Waals surface area contributed by atoms with Crippen molar-refractivity contribution in [3.05, 3.63) is 35.4 Å². The fraction of sp³-hybridized carbons (Fsp3) is 0.400. The average Bonchev–Trinajstić information content (AvgIpc) is 3.16. The predicted octanol–water partition coefficient (Wildman–Crippen LogP) is 3.65. The number of thioether (sulfide) groups is 1. The molecule has 0 spiro atoms. The molecule has 1 aliphatic carbocycles. The van der Waals surface area contributed by atoms with E-state index in [9.17, 15) is 4.79 Å². The Kier molecular flexibility index (Phi) is 4.26. The Hall–Kier alpha value is -1.40. The van der Waals surface area contributed by atoms with Gasteiger partial charge in [-0.05, 0) is 30.9 Å². The molecule has 21 heavy (non-hydrogen) atoms. The van der Waals surface area contributed by atoms with Gasteiger partial charge < -0.3 is 0 Å². The molecule has 0 unspecified atom stereocenters. The molecule has 0 bridgehead atoms. The summed E-state index contributed by atoms with van der Waals surface area (Å²) < 4.78 is 0.917. The summed E-state index contributed by atoms with van der Waals surface area (Å²) >= 11 is 3.19. The predicted molar refractivity (Wildman–Crippen MR) is 86.8 cm³/mol. The number of aromatic nitrogens is 2. The van der Waals surface area contributed by atoms with Gasteiger partial charge in [-0.1, -0.05) is 47.4 Å². The lowest BCUT2D eigenvalue weighted by atomic mass is 10.1. The van der Waals surface area contributed by atoms with E-state index in [0.29, 0.717) is 6.04 Å². The van der Waals surface area contributed by atoms with Gasteiger partial charge in [0.05, 0.1) is 0 Å². The number of nitrogens with zero attached hydrogens (tertiary/aromatic N) is 3. The standard InChI is InChI=1S/C15H17N3OS2/c1-10-5-3-4-6-12(10)9-20-15-17-16-14(21-15)18(11(2)19)13-7-8-13/h3-6,13H,7-9H2,1-2H3. The summed E-state index contributed by atoms with van der Waals surface area (Å²) in [5, 5.41) is 9.13. The van der Waals surface area contributed by atoms with Gasteiger partial charge >= 0.3 is 0 Å². The third kappa shape index (κ3) is 3.44. The molecule has 1 saturated carbocycles. The molecule has 1 aromatic heterocycles. The van der Waals surface area contributed by atoms with E-state index in [4.69, 9.17) is 0 Å². The Morgan fingerprint density at radius 1 is 1.38 bits per heavy atom. The quantitative estimate of drug-likeness (QED) is 0.623. The first-order chi connectivity index (χ1) is 10.1. The Labute approximate surface area is 132 Å². The van der Waals surface area contributed by atoms with Gasteiger partial charge in [0, 0.05) is 18.7 Å². The SMILES string of the molecule is CC(=O)N(c1nnc(SCc2ccccc2C)s1)C1CC1. The number of anilines is 1. The molecular weight excluding hydrogens is 302 g/mol. The normalized spacial score (nSPS) is 14.2. The molecule has 1 aromatic carbocycles. The number of hydrogen-bond donors (Lipinski definition) is 0. The zero-order valence-electron chi connectivity index (χ0n) is 12.1. The number of carbonyl (C=O) groups excluding carboxylic acids is 1. The van der Waals surface area contributed by atoms with Crippen LogP contribution in [0.2, 0.25) is 0 Å². The molecular formula is C15H17N3OS2. The molecule has 4 nitrogen and oxygen atoms in total. The minimum atomic E-state index is 0.0594. The van der Waals surface area contributed by atoms with Crippen LogP contribution in [-0.4, -0.2) is 22.1 Å². The lowest BCUT2D eigenvalue weighted by Gasteiger charge is -2.15. The number of amides is 1.